The fourth-order valence-electron chi connectivity index (χ4n) is 0.563. The lowest BCUT2D eigenvalue weighted by Gasteiger charge is -1.92. The summed E-state index contributed by atoms with van der Waals surface area (Å²) in [5.74, 6) is 0.368. The molecule has 0 aromatic heterocycles. The smallest absolute Gasteiger partial charge is 0.130 e. The zero-order valence-electron chi connectivity index (χ0n) is 6.15. The number of phenols is 1. The summed E-state index contributed by atoms with van der Waals surface area (Å²) in [6.45, 7) is 1.87. The Morgan fingerprint density at radius 1 is 1.45 bits per heavy atom. The van der Waals surface area contributed by atoms with Crippen molar-refractivity contribution in [3.63, 3.8) is 0 Å². The highest BCUT2D eigenvalue weighted by atomic mass is 32.1. The van der Waals surface area contributed by atoms with E-state index in [9.17, 15) is 0 Å². The van der Waals surface area contributed by atoms with Crippen LogP contribution in [0.1, 0.15) is 5.56 Å². The van der Waals surface area contributed by atoms with Crippen LogP contribution in [0.15, 0.2) is 24.3 Å². The van der Waals surface area contributed by atoms with Gasteiger partial charge in [0.1, 0.15) is 11.2 Å². The summed E-state index contributed by atoms with van der Waals surface area (Å²) < 4.78 is 0. The molecule has 58 valence electrons. The number of rotatable bonds is 0. The molecule has 0 aliphatic carbocycles. The number of nitriles is 1. The van der Waals surface area contributed by atoms with Crippen LogP contribution < -0.4 is 0 Å². The molecule has 0 atom stereocenters. The van der Waals surface area contributed by atoms with Gasteiger partial charge in [-0.1, -0.05) is 30.8 Å². The monoisotopic (exact) mass is 167 g/mol. The molecule has 0 spiro atoms. The van der Waals surface area contributed by atoms with Crippen molar-refractivity contribution in [3.05, 3.63) is 29.8 Å². The first-order chi connectivity index (χ1) is 5.22. The van der Waals surface area contributed by atoms with Crippen LogP contribution in [-0.2, 0) is 0 Å². The van der Waals surface area contributed by atoms with Gasteiger partial charge >= 0.3 is 0 Å². The molecular formula is C8H9NOS. The number of hydrogen-bond acceptors (Lipinski definition) is 3. The standard InChI is InChI=1S/C7H8O.CHNS/c1-6-4-2-3-5-7(6)8;2-1-3/h2-5,8H,1H3;3H. The maximum Gasteiger partial charge on any atom is 0.130 e. The van der Waals surface area contributed by atoms with Crippen molar-refractivity contribution in [1.82, 2.24) is 0 Å². The van der Waals surface area contributed by atoms with E-state index < -0.39 is 0 Å². The van der Waals surface area contributed by atoms with Gasteiger partial charge in [-0.25, -0.2) is 0 Å². The van der Waals surface area contributed by atoms with Crippen LogP contribution in [-0.4, -0.2) is 5.11 Å². The first-order valence-corrected chi connectivity index (χ1v) is 3.45. The second-order valence-electron chi connectivity index (χ2n) is 1.89. The molecule has 0 bridgehead atoms. The van der Waals surface area contributed by atoms with Crippen LogP contribution in [0.25, 0.3) is 0 Å². The van der Waals surface area contributed by atoms with Gasteiger partial charge in [-0.2, -0.15) is 5.26 Å². The summed E-state index contributed by atoms with van der Waals surface area (Å²) in [5, 5.41) is 17.5. The number of thiol groups is 1. The van der Waals surface area contributed by atoms with Gasteiger partial charge in [0.25, 0.3) is 0 Å². The molecule has 0 heterocycles. The first-order valence-electron chi connectivity index (χ1n) is 3.00. The van der Waals surface area contributed by atoms with Crippen LogP contribution in [0.5, 0.6) is 5.75 Å². The molecule has 11 heavy (non-hydrogen) atoms. The molecule has 1 aromatic carbocycles. The van der Waals surface area contributed by atoms with E-state index in [0.29, 0.717) is 5.75 Å². The Kier molecular flexibility index (Phi) is 5.05. The highest BCUT2D eigenvalue weighted by Gasteiger charge is 1.86. The molecule has 0 unspecified atom stereocenters. The van der Waals surface area contributed by atoms with E-state index in [1.54, 1.807) is 6.07 Å². The molecule has 0 saturated heterocycles. The molecule has 0 aliphatic rings. The largest absolute Gasteiger partial charge is 0.508 e. The van der Waals surface area contributed by atoms with Crippen LogP contribution >= 0.6 is 12.6 Å². The predicted molar refractivity (Wildman–Crippen MR) is 47.4 cm³/mol. The number of para-hydroxylation sites is 1. The zero-order valence-corrected chi connectivity index (χ0v) is 7.05. The van der Waals surface area contributed by atoms with Gasteiger partial charge in [0.2, 0.25) is 0 Å². The van der Waals surface area contributed by atoms with Gasteiger partial charge in [0, 0.05) is 0 Å². The Bertz CT molecular complexity index is 234. The number of phenolic OH excluding ortho intramolecular Hbond substituents is 1. The molecule has 0 aliphatic heterocycles. The van der Waals surface area contributed by atoms with E-state index in [-0.39, 0.29) is 0 Å². The van der Waals surface area contributed by atoms with Crippen molar-refractivity contribution < 1.29 is 5.11 Å². The zero-order chi connectivity index (χ0) is 8.69. The lowest BCUT2D eigenvalue weighted by atomic mass is 10.2. The predicted octanol–water partition coefficient (Wildman–Crippen LogP) is 2.10. The van der Waals surface area contributed by atoms with Crippen LogP contribution in [0.4, 0.5) is 0 Å². The van der Waals surface area contributed by atoms with Gasteiger partial charge in [0.05, 0.1) is 0 Å². The average Bonchev–Trinajstić information content (AvgIpc) is 1.97. The molecule has 0 amide bonds. The van der Waals surface area contributed by atoms with Crippen molar-refractivity contribution >= 4 is 12.6 Å². The van der Waals surface area contributed by atoms with Crippen molar-refractivity contribution in [2.75, 3.05) is 0 Å². The van der Waals surface area contributed by atoms with Crippen LogP contribution in [0.2, 0.25) is 0 Å². The molecular weight excluding hydrogens is 158 g/mol. The minimum absolute atomic E-state index is 0.368. The van der Waals surface area contributed by atoms with Crippen molar-refractivity contribution in [2.24, 2.45) is 0 Å². The van der Waals surface area contributed by atoms with E-state index in [2.05, 4.69) is 12.6 Å². The number of benzene rings is 1. The minimum atomic E-state index is 0.368. The lowest BCUT2D eigenvalue weighted by Crippen LogP contribution is -1.68. The second-order valence-corrected chi connectivity index (χ2v) is 2.09. The molecule has 0 radical (unpaired) electrons. The Labute approximate surface area is 71.5 Å². The number of aryl methyl sites for hydroxylation is 1. The summed E-state index contributed by atoms with van der Waals surface area (Å²) >= 11 is 3.09. The molecule has 0 fully saturated rings. The van der Waals surface area contributed by atoms with Crippen molar-refractivity contribution in [1.29, 1.82) is 5.26 Å². The average molecular weight is 167 g/mol. The van der Waals surface area contributed by atoms with Gasteiger partial charge in [-0.05, 0) is 18.6 Å². The third kappa shape index (κ3) is 4.29. The lowest BCUT2D eigenvalue weighted by molar-refractivity contribution is 0.471. The summed E-state index contributed by atoms with van der Waals surface area (Å²) in [6.07, 6.45) is 0. The maximum atomic E-state index is 8.92. The molecule has 3 heteroatoms. The van der Waals surface area contributed by atoms with Gasteiger partial charge < -0.3 is 5.11 Å². The number of aromatic hydroxyl groups is 1. The molecule has 1 N–H and O–H groups in total. The van der Waals surface area contributed by atoms with E-state index >= 15 is 0 Å². The first kappa shape index (κ1) is 9.86. The second kappa shape index (κ2) is 5.63. The van der Waals surface area contributed by atoms with Crippen molar-refractivity contribution in [3.8, 4) is 11.2 Å². The minimum Gasteiger partial charge on any atom is -0.508 e. The maximum absolute atomic E-state index is 8.92. The van der Waals surface area contributed by atoms with Gasteiger partial charge in [-0.15, -0.1) is 0 Å². The SMILES string of the molecule is Cc1ccccc1O.N#CS. The Hall–Kier alpha value is -1.14. The summed E-state index contributed by atoms with van der Waals surface area (Å²) in [4.78, 5) is 0. The van der Waals surface area contributed by atoms with Crippen molar-refractivity contribution in [2.45, 2.75) is 6.92 Å². The molecule has 1 rings (SSSR count). The Morgan fingerprint density at radius 3 is 2.18 bits per heavy atom. The van der Waals surface area contributed by atoms with E-state index in [1.165, 1.54) is 5.40 Å². The third-order valence-electron chi connectivity index (χ3n) is 1.12. The van der Waals surface area contributed by atoms with E-state index in [1.807, 2.05) is 25.1 Å². The quantitative estimate of drug-likeness (QED) is 0.459. The van der Waals surface area contributed by atoms with Crippen LogP contribution in [0, 0.1) is 17.6 Å². The highest BCUT2D eigenvalue weighted by Crippen LogP contribution is 2.12. The number of hydrogen-bond donors (Lipinski definition) is 2. The summed E-state index contributed by atoms with van der Waals surface area (Å²) in [5.41, 5.74) is 0.924. The molecule has 2 nitrogen and oxygen atoms in total. The number of nitrogens with zero attached hydrogens (tertiary/aromatic N) is 1. The fraction of sp³-hybridized carbons (Fsp3) is 0.125. The highest BCUT2D eigenvalue weighted by molar-refractivity contribution is 7.85. The summed E-state index contributed by atoms with van der Waals surface area (Å²) in [7, 11) is 0. The Balaban J connectivity index is 0.000000292. The Morgan fingerprint density at radius 2 is 1.91 bits per heavy atom. The molecule has 1 aromatic rings. The van der Waals surface area contributed by atoms with E-state index in [0.717, 1.165) is 5.56 Å². The topological polar surface area (TPSA) is 44.0 Å². The molecule has 0 saturated carbocycles. The van der Waals surface area contributed by atoms with E-state index in [4.69, 9.17) is 10.4 Å². The summed E-state index contributed by atoms with van der Waals surface area (Å²) in [6, 6.07) is 7.25. The van der Waals surface area contributed by atoms with Gasteiger partial charge in [0.15, 0.2) is 0 Å². The van der Waals surface area contributed by atoms with Crippen LogP contribution in [0.3, 0.4) is 0 Å². The van der Waals surface area contributed by atoms with Gasteiger partial charge in [-0.3, -0.25) is 0 Å². The fourth-order valence-corrected chi connectivity index (χ4v) is 0.563. The number of thiocyanates is 1. The normalized spacial score (nSPS) is 7.36. The third-order valence-corrected chi connectivity index (χ3v) is 1.12.